The number of amides is 1. The SMILES string of the molecule is CCCN(c1ccc(C)cc1)S(=O)(=O)C1CCN(C(=O)C(F)(F)F)CC1. The quantitative estimate of drug-likeness (QED) is 0.774. The van der Waals surface area contributed by atoms with Crippen LogP contribution in [0.25, 0.3) is 0 Å². The number of piperidine rings is 1. The van der Waals surface area contributed by atoms with E-state index in [1.165, 1.54) is 4.31 Å². The van der Waals surface area contributed by atoms with Gasteiger partial charge >= 0.3 is 12.1 Å². The van der Waals surface area contributed by atoms with Gasteiger partial charge in [0.05, 0.1) is 10.9 Å². The van der Waals surface area contributed by atoms with E-state index in [4.69, 9.17) is 0 Å². The van der Waals surface area contributed by atoms with Crippen LogP contribution in [0.1, 0.15) is 31.7 Å². The molecule has 146 valence electrons. The first kappa shape index (κ1) is 20.5. The van der Waals surface area contributed by atoms with Crippen LogP contribution in [0.5, 0.6) is 0 Å². The van der Waals surface area contributed by atoms with Crippen molar-refractivity contribution in [3.8, 4) is 0 Å². The number of nitrogens with zero attached hydrogens (tertiary/aromatic N) is 2. The van der Waals surface area contributed by atoms with Crippen LogP contribution in [0.15, 0.2) is 24.3 Å². The van der Waals surface area contributed by atoms with Crippen molar-refractivity contribution in [1.82, 2.24) is 4.90 Å². The molecule has 1 aliphatic heterocycles. The van der Waals surface area contributed by atoms with E-state index in [1.54, 1.807) is 12.1 Å². The second-order valence-corrected chi connectivity index (χ2v) is 8.58. The molecule has 0 spiro atoms. The van der Waals surface area contributed by atoms with E-state index in [2.05, 4.69) is 0 Å². The number of rotatable bonds is 5. The zero-order valence-corrected chi connectivity index (χ0v) is 15.6. The predicted molar refractivity (Wildman–Crippen MR) is 93.4 cm³/mol. The van der Waals surface area contributed by atoms with Gasteiger partial charge in [-0.25, -0.2) is 8.42 Å². The van der Waals surface area contributed by atoms with E-state index in [9.17, 15) is 26.4 Å². The van der Waals surface area contributed by atoms with Crippen LogP contribution in [0.3, 0.4) is 0 Å². The Morgan fingerprint density at radius 2 is 1.73 bits per heavy atom. The van der Waals surface area contributed by atoms with E-state index in [0.29, 0.717) is 23.6 Å². The van der Waals surface area contributed by atoms with Gasteiger partial charge < -0.3 is 4.90 Å². The Kier molecular flexibility index (Phi) is 6.21. The number of carbonyl (C=O) groups is 1. The van der Waals surface area contributed by atoms with Gasteiger partial charge in [0, 0.05) is 19.6 Å². The second kappa shape index (κ2) is 7.85. The number of hydrogen-bond acceptors (Lipinski definition) is 3. The summed E-state index contributed by atoms with van der Waals surface area (Å²) in [5.41, 5.74) is 1.55. The summed E-state index contributed by atoms with van der Waals surface area (Å²) >= 11 is 0. The topological polar surface area (TPSA) is 57.7 Å². The van der Waals surface area contributed by atoms with Crippen molar-refractivity contribution in [3.05, 3.63) is 29.8 Å². The molecule has 0 N–H and O–H groups in total. The summed E-state index contributed by atoms with van der Waals surface area (Å²) in [6, 6.07) is 7.09. The summed E-state index contributed by atoms with van der Waals surface area (Å²) in [7, 11) is -3.72. The second-order valence-electron chi connectivity index (χ2n) is 6.44. The molecule has 0 aliphatic carbocycles. The molecule has 1 heterocycles. The van der Waals surface area contributed by atoms with Gasteiger partial charge in [-0.05, 0) is 38.3 Å². The number of hydrogen-bond donors (Lipinski definition) is 0. The summed E-state index contributed by atoms with van der Waals surface area (Å²) in [4.78, 5) is 12.0. The fraction of sp³-hybridized carbons (Fsp3) is 0.588. The minimum absolute atomic E-state index is 0.00374. The van der Waals surface area contributed by atoms with Crippen molar-refractivity contribution in [2.24, 2.45) is 0 Å². The molecule has 0 aromatic heterocycles. The molecule has 1 fully saturated rings. The minimum Gasteiger partial charge on any atom is -0.335 e. The highest BCUT2D eigenvalue weighted by molar-refractivity contribution is 7.93. The molecule has 5 nitrogen and oxygen atoms in total. The molecule has 26 heavy (non-hydrogen) atoms. The zero-order chi connectivity index (χ0) is 19.5. The number of benzene rings is 1. The first-order valence-corrected chi connectivity index (χ1v) is 10.0. The number of aryl methyl sites for hydroxylation is 1. The molecule has 1 aromatic carbocycles. The third-order valence-corrected chi connectivity index (χ3v) is 6.77. The maximum absolute atomic E-state index is 13.0. The lowest BCUT2D eigenvalue weighted by Gasteiger charge is -2.35. The van der Waals surface area contributed by atoms with Crippen molar-refractivity contribution in [3.63, 3.8) is 0 Å². The van der Waals surface area contributed by atoms with Gasteiger partial charge in [-0.3, -0.25) is 9.10 Å². The Bertz CT molecular complexity index is 725. The van der Waals surface area contributed by atoms with Gasteiger partial charge in [0.2, 0.25) is 10.0 Å². The van der Waals surface area contributed by atoms with Gasteiger partial charge in [0.1, 0.15) is 0 Å². The summed E-state index contributed by atoms with van der Waals surface area (Å²) < 4.78 is 65.0. The normalized spacial score (nSPS) is 16.6. The fourth-order valence-electron chi connectivity index (χ4n) is 3.03. The zero-order valence-electron chi connectivity index (χ0n) is 14.8. The molecule has 2 rings (SSSR count). The van der Waals surface area contributed by atoms with Gasteiger partial charge in [-0.15, -0.1) is 0 Å². The Balaban J connectivity index is 2.15. The third kappa shape index (κ3) is 4.49. The van der Waals surface area contributed by atoms with Crippen LogP contribution in [-0.4, -0.2) is 50.3 Å². The molecule has 9 heteroatoms. The van der Waals surface area contributed by atoms with E-state index in [1.807, 2.05) is 26.0 Å². The van der Waals surface area contributed by atoms with Crippen molar-refractivity contribution in [2.75, 3.05) is 23.9 Å². The molecule has 0 unspecified atom stereocenters. The largest absolute Gasteiger partial charge is 0.471 e. The molecule has 0 radical (unpaired) electrons. The summed E-state index contributed by atoms with van der Waals surface area (Å²) in [6.07, 6.45) is -4.33. The third-order valence-electron chi connectivity index (χ3n) is 4.45. The van der Waals surface area contributed by atoms with E-state index >= 15 is 0 Å². The van der Waals surface area contributed by atoms with Gasteiger partial charge in [0.15, 0.2) is 0 Å². The molecule has 1 aromatic rings. The Morgan fingerprint density at radius 3 is 2.19 bits per heavy atom. The highest BCUT2D eigenvalue weighted by Gasteiger charge is 2.45. The van der Waals surface area contributed by atoms with Crippen LogP contribution in [-0.2, 0) is 14.8 Å². The van der Waals surface area contributed by atoms with E-state index in [0.717, 1.165) is 5.56 Å². The summed E-state index contributed by atoms with van der Waals surface area (Å²) in [6.45, 7) is 3.64. The first-order valence-electron chi connectivity index (χ1n) is 8.51. The molecule has 1 aliphatic rings. The number of carbonyl (C=O) groups excluding carboxylic acids is 1. The van der Waals surface area contributed by atoms with Crippen LogP contribution in [0.4, 0.5) is 18.9 Å². The fourth-order valence-corrected chi connectivity index (χ4v) is 5.05. The molecule has 0 atom stereocenters. The average Bonchev–Trinajstić information content (AvgIpc) is 2.59. The van der Waals surface area contributed by atoms with Gasteiger partial charge in [-0.1, -0.05) is 24.6 Å². The number of halogens is 3. The van der Waals surface area contributed by atoms with Crippen LogP contribution >= 0.6 is 0 Å². The van der Waals surface area contributed by atoms with Crippen LogP contribution in [0, 0.1) is 6.92 Å². The van der Waals surface area contributed by atoms with Crippen molar-refractivity contribution in [1.29, 1.82) is 0 Å². The summed E-state index contributed by atoms with van der Waals surface area (Å²) in [5, 5.41) is -0.798. The van der Waals surface area contributed by atoms with Gasteiger partial charge in [0.25, 0.3) is 0 Å². The van der Waals surface area contributed by atoms with E-state index in [-0.39, 0.29) is 25.9 Å². The van der Waals surface area contributed by atoms with Crippen molar-refractivity contribution in [2.45, 2.75) is 44.5 Å². The average molecular weight is 392 g/mol. The van der Waals surface area contributed by atoms with E-state index < -0.39 is 27.4 Å². The van der Waals surface area contributed by atoms with Crippen LogP contribution in [0.2, 0.25) is 0 Å². The lowest BCUT2D eigenvalue weighted by atomic mass is 10.1. The Hall–Kier alpha value is -1.77. The predicted octanol–water partition coefficient (Wildman–Crippen LogP) is 3.09. The lowest BCUT2D eigenvalue weighted by molar-refractivity contribution is -0.186. The number of anilines is 1. The molecule has 1 amide bonds. The maximum atomic E-state index is 13.0. The highest BCUT2D eigenvalue weighted by atomic mass is 32.2. The monoisotopic (exact) mass is 392 g/mol. The van der Waals surface area contributed by atoms with Crippen molar-refractivity contribution >= 4 is 21.6 Å². The lowest BCUT2D eigenvalue weighted by Crippen LogP contribution is -2.50. The Morgan fingerprint density at radius 1 is 1.19 bits per heavy atom. The molecule has 0 bridgehead atoms. The van der Waals surface area contributed by atoms with Crippen LogP contribution < -0.4 is 4.31 Å². The standard InChI is InChI=1S/C17H23F3N2O3S/c1-3-10-22(14-6-4-13(2)5-7-14)26(24,25)15-8-11-21(12-9-15)16(23)17(18,19)20/h4-7,15H,3,8-12H2,1-2H3. The number of likely N-dealkylation sites (tertiary alicyclic amines) is 1. The molecular weight excluding hydrogens is 369 g/mol. The summed E-state index contributed by atoms with van der Waals surface area (Å²) in [5.74, 6) is -1.91. The smallest absolute Gasteiger partial charge is 0.335 e. The first-order chi connectivity index (χ1) is 12.1. The van der Waals surface area contributed by atoms with Gasteiger partial charge in [-0.2, -0.15) is 13.2 Å². The molecule has 0 saturated carbocycles. The number of alkyl halides is 3. The molecular formula is C17H23F3N2O3S. The number of sulfonamides is 1. The van der Waals surface area contributed by atoms with Crippen molar-refractivity contribution < 1.29 is 26.4 Å². The highest BCUT2D eigenvalue weighted by Crippen LogP contribution is 2.28. The maximum Gasteiger partial charge on any atom is 0.471 e. The molecule has 1 saturated heterocycles. The Labute approximate surface area is 151 Å². The minimum atomic E-state index is -4.93.